The molecule has 0 atom stereocenters. The third kappa shape index (κ3) is 1.74. The maximum atomic E-state index is 11.3. The summed E-state index contributed by atoms with van der Waals surface area (Å²) < 4.78 is 15.6. The molecular formula is C12H12O4. The predicted molar refractivity (Wildman–Crippen MR) is 60.2 cm³/mol. The summed E-state index contributed by atoms with van der Waals surface area (Å²) >= 11 is 0. The highest BCUT2D eigenvalue weighted by molar-refractivity contribution is 5.87. The fraction of sp³-hybridized carbons (Fsp3) is 0.250. The van der Waals surface area contributed by atoms with Crippen molar-refractivity contribution >= 4 is 11.0 Å². The van der Waals surface area contributed by atoms with Gasteiger partial charge in [0.15, 0.2) is 11.3 Å². The monoisotopic (exact) mass is 220 g/mol. The maximum absolute atomic E-state index is 11.3. The summed E-state index contributed by atoms with van der Waals surface area (Å²) in [5.41, 5.74) is -0.0230. The fourth-order valence-electron chi connectivity index (χ4n) is 1.57. The number of ether oxygens (including phenoxy) is 2. The molecule has 0 radical (unpaired) electrons. The number of hydrogen-bond acceptors (Lipinski definition) is 4. The van der Waals surface area contributed by atoms with E-state index in [4.69, 9.17) is 13.9 Å². The average Bonchev–Trinajstić information content (AvgIpc) is 2.29. The summed E-state index contributed by atoms with van der Waals surface area (Å²) in [6, 6.07) is 6.72. The quantitative estimate of drug-likeness (QED) is 0.744. The zero-order chi connectivity index (χ0) is 11.5. The van der Waals surface area contributed by atoms with Crippen molar-refractivity contribution < 1.29 is 13.9 Å². The maximum Gasteiger partial charge on any atom is 0.340 e. The minimum Gasteiger partial charge on any atom is -0.496 e. The fourth-order valence-corrected chi connectivity index (χ4v) is 1.57. The van der Waals surface area contributed by atoms with E-state index in [9.17, 15) is 4.79 Å². The zero-order valence-electron chi connectivity index (χ0n) is 9.15. The van der Waals surface area contributed by atoms with Crippen molar-refractivity contribution in [3.63, 3.8) is 0 Å². The lowest BCUT2D eigenvalue weighted by Gasteiger charge is -2.07. The van der Waals surface area contributed by atoms with E-state index in [0.717, 1.165) is 5.39 Å². The highest BCUT2D eigenvalue weighted by Gasteiger charge is 2.10. The van der Waals surface area contributed by atoms with Crippen molar-refractivity contribution in [3.05, 3.63) is 34.7 Å². The number of methoxy groups -OCH3 is 1. The second-order valence-corrected chi connectivity index (χ2v) is 3.20. The average molecular weight is 220 g/mol. The smallest absolute Gasteiger partial charge is 0.340 e. The van der Waals surface area contributed by atoms with Gasteiger partial charge in [-0.05, 0) is 19.1 Å². The van der Waals surface area contributed by atoms with Crippen LogP contribution in [0, 0.1) is 0 Å². The summed E-state index contributed by atoms with van der Waals surface area (Å²) in [5.74, 6) is 1.05. The van der Waals surface area contributed by atoms with Crippen LogP contribution in [0.2, 0.25) is 0 Å². The Hall–Kier alpha value is -1.97. The topological polar surface area (TPSA) is 48.7 Å². The second kappa shape index (κ2) is 4.26. The summed E-state index contributed by atoms with van der Waals surface area (Å²) in [4.78, 5) is 11.3. The van der Waals surface area contributed by atoms with E-state index in [1.807, 2.05) is 19.1 Å². The van der Waals surface area contributed by atoms with Crippen LogP contribution in [0.4, 0.5) is 0 Å². The molecule has 0 unspecified atom stereocenters. The number of hydrogen-bond donors (Lipinski definition) is 0. The molecular weight excluding hydrogens is 208 g/mol. The molecule has 0 amide bonds. The molecule has 1 heterocycles. The number of fused-ring (bicyclic) bond motifs is 1. The van der Waals surface area contributed by atoms with Crippen LogP contribution in [-0.2, 0) is 0 Å². The Labute approximate surface area is 92.4 Å². The van der Waals surface area contributed by atoms with Gasteiger partial charge in [-0.25, -0.2) is 4.79 Å². The third-order valence-electron chi connectivity index (χ3n) is 2.22. The lowest BCUT2D eigenvalue weighted by atomic mass is 10.2. The van der Waals surface area contributed by atoms with Gasteiger partial charge in [-0.15, -0.1) is 0 Å². The van der Waals surface area contributed by atoms with Crippen LogP contribution >= 0.6 is 0 Å². The first-order valence-electron chi connectivity index (χ1n) is 5.00. The van der Waals surface area contributed by atoms with Crippen molar-refractivity contribution in [1.29, 1.82) is 0 Å². The van der Waals surface area contributed by atoms with Gasteiger partial charge in [0.1, 0.15) is 5.75 Å². The van der Waals surface area contributed by atoms with Gasteiger partial charge in [-0.1, -0.05) is 6.07 Å². The lowest BCUT2D eigenvalue weighted by molar-refractivity contribution is 0.336. The SMILES string of the molecule is CCOc1cccc2c(OC)cc(=O)oc12. The first-order valence-corrected chi connectivity index (χ1v) is 5.00. The van der Waals surface area contributed by atoms with Gasteiger partial charge >= 0.3 is 5.63 Å². The standard InChI is InChI=1S/C12H12O4/c1-3-15-9-6-4-5-8-10(14-2)7-11(13)16-12(8)9/h4-7H,3H2,1-2H3. The molecule has 0 aliphatic heterocycles. The Morgan fingerprint density at radius 3 is 2.81 bits per heavy atom. The molecule has 0 aliphatic carbocycles. The van der Waals surface area contributed by atoms with Gasteiger partial charge in [0.25, 0.3) is 0 Å². The Kier molecular flexibility index (Phi) is 2.81. The zero-order valence-corrected chi connectivity index (χ0v) is 9.15. The number of benzene rings is 1. The molecule has 2 aromatic rings. The molecule has 1 aromatic heterocycles. The second-order valence-electron chi connectivity index (χ2n) is 3.20. The normalized spacial score (nSPS) is 10.4. The van der Waals surface area contributed by atoms with Crippen LogP contribution in [0.3, 0.4) is 0 Å². The molecule has 0 spiro atoms. The van der Waals surface area contributed by atoms with E-state index >= 15 is 0 Å². The molecule has 0 saturated carbocycles. The van der Waals surface area contributed by atoms with Crippen LogP contribution in [0.5, 0.6) is 11.5 Å². The van der Waals surface area contributed by atoms with E-state index < -0.39 is 5.63 Å². The number of rotatable bonds is 3. The molecule has 2 rings (SSSR count). The first-order chi connectivity index (χ1) is 7.76. The summed E-state index contributed by atoms with van der Waals surface area (Å²) in [6.45, 7) is 2.39. The van der Waals surface area contributed by atoms with E-state index in [1.54, 1.807) is 6.07 Å². The van der Waals surface area contributed by atoms with Gasteiger partial charge in [0.05, 0.1) is 25.2 Å². The molecule has 84 valence electrons. The molecule has 4 nitrogen and oxygen atoms in total. The van der Waals surface area contributed by atoms with E-state index in [-0.39, 0.29) is 0 Å². The molecule has 0 N–H and O–H groups in total. The van der Waals surface area contributed by atoms with Gasteiger partial charge in [-0.3, -0.25) is 0 Å². The van der Waals surface area contributed by atoms with Crippen LogP contribution < -0.4 is 15.1 Å². The highest BCUT2D eigenvalue weighted by Crippen LogP contribution is 2.30. The molecule has 0 aliphatic rings. The Bertz CT molecular complexity index is 556. The van der Waals surface area contributed by atoms with Crippen LogP contribution in [0.25, 0.3) is 11.0 Å². The first kappa shape index (κ1) is 10.5. The van der Waals surface area contributed by atoms with Crippen molar-refractivity contribution in [2.75, 3.05) is 13.7 Å². The van der Waals surface area contributed by atoms with Crippen molar-refractivity contribution in [3.8, 4) is 11.5 Å². The third-order valence-corrected chi connectivity index (χ3v) is 2.22. The van der Waals surface area contributed by atoms with Crippen molar-refractivity contribution in [1.82, 2.24) is 0 Å². The van der Waals surface area contributed by atoms with Crippen LogP contribution in [-0.4, -0.2) is 13.7 Å². The van der Waals surface area contributed by atoms with E-state index in [2.05, 4.69) is 0 Å². The Morgan fingerprint density at radius 2 is 2.12 bits per heavy atom. The summed E-state index contributed by atoms with van der Waals surface area (Å²) in [7, 11) is 1.52. The van der Waals surface area contributed by atoms with E-state index in [1.165, 1.54) is 13.2 Å². The molecule has 1 aromatic carbocycles. The number of para-hydroxylation sites is 1. The van der Waals surface area contributed by atoms with Gasteiger partial charge in [0, 0.05) is 0 Å². The lowest BCUT2D eigenvalue weighted by Crippen LogP contribution is -2.00. The molecule has 0 fully saturated rings. The van der Waals surface area contributed by atoms with Gasteiger partial charge < -0.3 is 13.9 Å². The van der Waals surface area contributed by atoms with E-state index in [0.29, 0.717) is 23.7 Å². The molecule has 0 saturated heterocycles. The molecule has 0 bridgehead atoms. The minimum absolute atomic E-state index is 0.425. The Balaban J connectivity index is 2.76. The van der Waals surface area contributed by atoms with Gasteiger partial charge in [0.2, 0.25) is 0 Å². The predicted octanol–water partition coefficient (Wildman–Crippen LogP) is 2.20. The van der Waals surface area contributed by atoms with Crippen molar-refractivity contribution in [2.24, 2.45) is 0 Å². The van der Waals surface area contributed by atoms with Gasteiger partial charge in [-0.2, -0.15) is 0 Å². The van der Waals surface area contributed by atoms with Crippen LogP contribution in [0.1, 0.15) is 6.92 Å². The summed E-state index contributed by atoms with van der Waals surface area (Å²) in [6.07, 6.45) is 0. The molecule has 4 heteroatoms. The molecule has 16 heavy (non-hydrogen) atoms. The summed E-state index contributed by atoms with van der Waals surface area (Å²) in [5, 5.41) is 0.730. The minimum atomic E-state index is -0.448. The largest absolute Gasteiger partial charge is 0.496 e. The highest BCUT2D eigenvalue weighted by atomic mass is 16.5. The van der Waals surface area contributed by atoms with Crippen LogP contribution in [0.15, 0.2) is 33.5 Å². The van der Waals surface area contributed by atoms with Crippen molar-refractivity contribution in [2.45, 2.75) is 6.92 Å². The Morgan fingerprint density at radius 1 is 1.31 bits per heavy atom.